The Kier molecular flexibility index (Phi) is 5.25. The van der Waals surface area contributed by atoms with Crippen LogP contribution in [0, 0.1) is 0 Å². The van der Waals surface area contributed by atoms with E-state index >= 15 is 0 Å². The molecule has 0 saturated heterocycles. The van der Waals surface area contributed by atoms with Gasteiger partial charge in [0.15, 0.2) is 0 Å². The molecule has 0 fully saturated rings. The Balaban J connectivity index is 1.92. The minimum absolute atomic E-state index is 0.189. The molecule has 1 unspecified atom stereocenters. The van der Waals surface area contributed by atoms with Gasteiger partial charge in [0, 0.05) is 15.1 Å². The summed E-state index contributed by atoms with van der Waals surface area (Å²) in [5.41, 5.74) is 2.41. The summed E-state index contributed by atoms with van der Waals surface area (Å²) >= 11 is 9.38. The second-order valence-electron chi connectivity index (χ2n) is 5.77. The molecule has 0 radical (unpaired) electrons. The highest BCUT2D eigenvalue weighted by molar-refractivity contribution is 9.11. The van der Waals surface area contributed by atoms with E-state index in [4.69, 9.17) is 16.6 Å². The zero-order chi connectivity index (χ0) is 18.0. The van der Waals surface area contributed by atoms with Crippen LogP contribution in [-0.2, 0) is 6.54 Å². The van der Waals surface area contributed by atoms with Gasteiger partial charge in [0.25, 0.3) is 5.91 Å². The lowest BCUT2D eigenvalue weighted by Crippen LogP contribution is -2.28. The van der Waals surface area contributed by atoms with Crippen molar-refractivity contribution in [3.05, 3.63) is 76.0 Å². The number of amides is 1. The Morgan fingerprint density at radius 2 is 2.08 bits per heavy atom. The third-order valence-electron chi connectivity index (χ3n) is 3.84. The normalized spacial score (nSPS) is 12.1. The number of aromatic nitrogens is 2. The average molecular weight is 419 g/mol. The molecule has 1 aromatic heterocycles. The minimum Gasteiger partial charge on any atom is -0.342 e. The SMILES string of the molecule is C=C(Br)Cn1c(C(C)NC(=O)c2cccc(Cl)c2)nc2ccccc21. The first-order valence-corrected chi connectivity index (χ1v) is 8.97. The van der Waals surface area contributed by atoms with Gasteiger partial charge < -0.3 is 9.88 Å². The van der Waals surface area contributed by atoms with E-state index in [-0.39, 0.29) is 11.9 Å². The van der Waals surface area contributed by atoms with E-state index in [9.17, 15) is 4.79 Å². The van der Waals surface area contributed by atoms with Crippen LogP contribution < -0.4 is 5.32 Å². The number of allylic oxidation sites excluding steroid dienone is 1. The van der Waals surface area contributed by atoms with Crippen LogP contribution in [0.4, 0.5) is 0 Å². The zero-order valence-electron chi connectivity index (χ0n) is 13.7. The summed E-state index contributed by atoms with van der Waals surface area (Å²) in [6.45, 7) is 6.41. The number of fused-ring (bicyclic) bond motifs is 1. The molecule has 25 heavy (non-hydrogen) atoms. The lowest BCUT2D eigenvalue weighted by Gasteiger charge is -2.16. The van der Waals surface area contributed by atoms with Gasteiger partial charge in [-0.3, -0.25) is 4.79 Å². The molecule has 2 aromatic carbocycles. The molecule has 0 spiro atoms. The minimum atomic E-state index is -0.272. The fraction of sp³-hybridized carbons (Fsp3) is 0.158. The fourth-order valence-electron chi connectivity index (χ4n) is 2.74. The second kappa shape index (κ2) is 7.42. The summed E-state index contributed by atoms with van der Waals surface area (Å²) in [5.74, 6) is 0.587. The Hall–Kier alpha value is -2.11. The quantitative estimate of drug-likeness (QED) is 0.627. The van der Waals surface area contributed by atoms with Crippen molar-refractivity contribution in [2.24, 2.45) is 0 Å². The van der Waals surface area contributed by atoms with Crippen LogP contribution >= 0.6 is 27.5 Å². The molecular formula is C19H17BrClN3O. The molecule has 3 aromatic rings. The first-order chi connectivity index (χ1) is 12.0. The van der Waals surface area contributed by atoms with E-state index in [1.165, 1.54) is 0 Å². The lowest BCUT2D eigenvalue weighted by molar-refractivity contribution is 0.0938. The predicted octanol–water partition coefficient (Wildman–Crippen LogP) is 5.09. The molecule has 3 rings (SSSR count). The van der Waals surface area contributed by atoms with E-state index in [1.54, 1.807) is 24.3 Å². The van der Waals surface area contributed by atoms with Crippen LogP contribution in [0.25, 0.3) is 11.0 Å². The predicted molar refractivity (Wildman–Crippen MR) is 105 cm³/mol. The van der Waals surface area contributed by atoms with Gasteiger partial charge in [-0.2, -0.15) is 0 Å². The van der Waals surface area contributed by atoms with Crippen LogP contribution in [0.3, 0.4) is 0 Å². The Morgan fingerprint density at radius 1 is 1.32 bits per heavy atom. The van der Waals surface area contributed by atoms with Gasteiger partial charge >= 0.3 is 0 Å². The maximum atomic E-state index is 12.5. The molecule has 0 aliphatic rings. The van der Waals surface area contributed by atoms with Crippen LogP contribution in [0.15, 0.2) is 59.6 Å². The molecule has 0 saturated carbocycles. The zero-order valence-corrected chi connectivity index (χ0v) is 16.0. The topological polar surface area (TPSA) is 46.9 Å². The summed E-state index contributed by atoms with van der Waals surface area (Å²) in [6, 6.07) is 14.5. The summed E-state index contributed by atoms with van der Waals surface area (Å²) in [5, 5.41) is 3.52. The van der Waals surface area contributed by atoms with Gasteiger partial charge in [-0.25, -0.2) is 4.98 Å². The molecule has 1 atom stereocenters. The van der Waals surface area contributed by atoms with E-state index in [0.717, 1.165) is 21.3 Å². The van der Waals surface area contributed by atoms with Gasteiger partial charge in [-0.1, -0.05) is 52.3 Å². The summed E-state index contributed by atoms with van der Waals surface area (Å²) in [6.07, 6.45) is 0. The molecule has 1 amide bonds. The van der Waals surface area contributed by atoms with Crippen molar-refractivity contribution >= 4 is 44.5 Å². The Bertz CT molecular complexity index is 951. The molecule has 1 N–H and O–H groups in total. The standard InChI is InChI=1S/C19H17BrClN3O/c1-12(20)11-24-17-9-4-3-8-16(17)23-18(24)13(2)22-19(25)14-6-5-7-15(21)10-14/h3-10,13H,1,11H2,2H3,(H,22,25). The third kappa shape index (κ3) is 3.94. The molecule has 1 heterocycles. The monoisotopic (exact) mass is 417 g/mol. The molecular weight excluding hydrogens is 402 g/mol. The molecule has 0 bridgehead atoms. The van der Waals surface area contributed by atoms with Crippen molar-refractivity contribution in [1.29, 1.82) is 0 Å². The van der Waals surface area contributed by atoms with E-state index < -0.39 is 0 Å². The van der Waals surface area contributed by atoms with Gasteiger partial charge in [0.2, 0.25) is 0 Å². The lowest BCUT2D eigenvalue weighted by atomic mass is 10.2. The molecule has 128 valence electrons. The number of nitrogens with zero attached hydrogens (tertiary/aromatic N) is 2. The first-order valence-electron chi connectivity index (χ1n) is 7.80. The molecule has 6 heteroatoms. The summed E-state index contributed by atoms with van der Waals surface area (Å²) in [7, 11) is 0. The Labute approximate surface area is 159 Å². The maximum absolute atomic E-state index is 12.5. The summed E-state index contributed by atoms with van der Waals surface area (Å²) in [4.78, 5) is 17.2. The highest BCUT2D eigenvalue weighted by Crippen LogP contribution is 2.23. The smallest absolute Gasteiger partial charge is 0.251 e. The number of carbonyl (C=O) groups excluding carboxylic acids is 1. The third-order valence-corrected chi connectivity index (χ3v) is 4.32. The highest BCUT2D eigenvalue weighted by atomic mass is 79.9. The van der Waals surface area contributed by atoms with Gasteiger partial charge in [0.05, 0.1) is 23.6 Å². The number of imidazole rings is 1. The number of nitrogens with one attached hydrogen (secondary N) is 1. The highest BCUT2D eigenvalue weighted by Gasteiger charge is 2.19. The molecule has 0 aliphatic heterocycles. The van der Waals surface area contributed by atoms with Crippen LogP contribution in [-0.4, -0.2) is 15.5 Å². The largest absolute Gasteiger partial charge is 0.342 e. The van der Waals surface area contributed by atoms with Crippen molar-refractivity contribution in [1.82, 2.24) is 14.9 Å². The first kappa shape index (κ1) is 17.7. The number of carbonyl (C=O) groups is 1. The number of hydrogen-bond acceptors (Lipinski definition) is 2. The summed E-state index contributed by atoms with van der Waals surface area (Å²) < 4.78 is 2.89. The maximum Gasteiger partial charge on any atom is 0.251 e. The second-order valence-corrected chi connectivity index (χ2v) is 7.33. The van der Waals surface area contributed by atoms with Gasteiger partial charge in [-0.05, 0) is 37.3 Å². The number of para-hydroxylation sites is 2. The van der Waals surface area contributed by atoms with Crippen molar-refractivity contribution in [3.8, 4) is 0 Å². The number of hydrogen-bond donors (Lipinski definition) is 1. The number of rotatable bonds is 5. The molecule has 0 aliphatic carbocycles. The van der Waals surface area contributed by atoms with Crippen LogP contribution in [0.2, 0.25) is 5.02 Å². The van der Waals surface area contributed by atoms with Gasteiger partial charge in [0.1, 0.15) is 5.82 Å². The van der Waals surface area contributed by atoms with Crippen molar-refractivity contribution in [2.45, 2.75) is 19.5 Å². The van der Waals surface area contributed by atoms with Crippen LogP contribution in [0.5, 0.6) is 0 Å². The van der Waals surface area contributed by atoms with Crippen LogP contribution in [0.1, 0.15) is 29.1 Å². The van der Waals surface area contributed by atoms with E-state index in [1.807, 2.05) is 31.2 Å². The average Bonchev–Trinajstić information content (AvgIpc) is 2.93. The van der Waals surface area contributed by atoms with Crippen molar-refractivity contribution in [3.63, 3.8) is 0 Å². The number of benzene rings is 2. The van der Waals surface area contributed by atoms with E-state index in [2.05, 4.69) is 32.4 Å². The molecule has 4 nitrogen and oxygen atoms in total. The fourth-order valence-corrected chi connectivity index (χ4v) is 3.18. The van der Waals surface area contributed by atoms with Crippen molar-refractivity contribution in [2.75, 3.05) is 0 Å². The van der Waals surface area contributed by atoms with Crippen molar-refractivity contribution < 1.29 is 4.79 Å². The van der Waals surface area contributed by atoms with E-state index in [0.29, 0.717) is 17.1 Å². The Morgan fingerprint density at radius 3 is 2.80 bits per heavy atom. The van der Waals surface area contributed by atoms with Gasteiger partial charge in [-0.15, -0.1) is 0 Å². The number of halogens is 2.